The SMILES string of the molecule is CC(C)(C)OC(=O)NC1CCN(c2ccc(Cl)c(F)c2)CC1. The summed E-state index contributed by atoms with van der Waals surface area (Å²) in [7, 11) is 0. The van der Waals surface area contributed by atoms with Crippen molar-refractivity contribution in [1.82, 2.24) is 5.32 Å². The van der Waals surface area contributed by atoms with Crippen molar-refractivity contribution in [3.8, 4) is 0 Å². The van der Waals surface area contributed by atoms with Crippen molar-refractivity contribution in [3.05, 3.63) is 29.0 Å². The maximum absolute atomic E-state index is 13.5. The first-order valence-corrected chi connectivity index (χ1v) is 7.82. The molecule has 1 heterocycles. The molecule has 0 spiro atoms. The molecule has 1 aliphatic rings. The van der Waals surface area contributed by atoms with E-state index in [1.807, 2.05) is 26.8 Å². The zero-order valence-electron chi connectivity index (χ0n) is 13.2. The molecule has 0 bridgehead atoms. The Labute approximate surface area is 135 Å². The van der Waals surface area contributed by atoms with E-state index in [9.17, 15) is 9.18 Å². The van der Waals surface area contributed by atoms with Gasteiger partial charge in [0.2, 0.25) is 0 Å². The number of alkyl carbamates (subject to hydrolysis) is 1. The molecule has 1 saturated heterocycles. The van der Waals surface area contributed by atoms with Crippen LogP contribution in [-0.2, 0) is 4.74 Å². The molecule has 0 atom stereocenters. The lowest BCUT2D eigenvalue weighted by Gasteiger charge is -2.34. The van der Waals surface area contributed by atoms with E-state index in [2.05, 4.69) is 10.2 Å². The lowest BCUT2D eigenvalue weighted by Crippen LogP contribution is -2.46. The van der Waals surface area contributed by atoms with Gasteiger partial charge in [-0.05, 0) is 51.8 Å². The molecule has 1 amide bonds. The number of carbonyl (C=O) groups is 1. The van der Waals surface area contributed by atoms with Crippen molar-refractivity contribution in [2.24, 2.45) is 0 Å². The van der Waals surface area contributed by atoms with Gasteiger partial charge >= 0.3 is 6.09 Å². The zero-order chi connectivity index (χ0) is 16.3. The van der Waals surface area contributed by atoms with Gasteiger partial charge in [-0.1, -0.05) is 11.6 Å². The lowest BCUT2D eigenvalue weighted by atomic mass is 10.0. The molecular weight excluding hydrogens is 307 g/mol. The number of nitrogens with zero attached hydrogens (tertiary/aromatic N) is 1. The van der Waals surface area contributed by atoms with Crippen LogP contribution in [0.4, 0.5) is 14.9 Å². The largest absolute Gasteiger partial charge is 0.444 e. The second kappa shape index (κ2) is 6.73. The molecule has 1 aliphatic heterocycles. The summed E-state index contributed by atoms with van der Waals surface area (Å²) in [5, 5.41) is 3.01. The first-order chi connectivity index (χ1) is 10.2. The fourth-order valence-electron chi connectivity index (χ4n) is 2.44. The summed E-state index contributed by atoms with van der Waals surface area (Å²) in [4.78, 5) is 13.8. The minimum absolute atomic E-state index is 0.0863. The number of benzene rings is 1. The Kier molecular flexibility index (Phi) is 5.16. The van der Waals surface area contributed by atoms with Gasteiger partial charge in [0.15, 0.2) is 0 Å². The van der Waals surface area contributed by atoms with Gasteiger partial charge in [-0.15, -0.1) is 0 Å². The van der Waals surface area contributed by atoms with Gasteiger partial charge in [-0.2, -0.15) is 0 Å². The summed E-state index contributed by atoms with van der Waals surface area (Å²) in [6, 6.07) is 4.91. The molecule has 0 radical (unpaired) electrons. The van der Waals surface area contributed by atoms with Crippen molar-refractivity contribution in [2.75, 3.05) is 18.0 Å². The molecule has 0 aromatic heterocycles. The third-order valence-corrected chi connectivity index (χ3v) is 3.79. The molecule has 0 aliphatic carbocycles. The van der Waals surface area contributed by atoms with Crippen LogP contribution in [0.1, 0.15) is 33.6 Å². The van der Waals surface area contributed by atoms with Crippen LogP contribution in [0.2, 0.25) is 5.02 Å². The van der Waals surface area contributed by atoms with E-state index in [1.54, 1.807) is 6.07 Å². The molecule has 1 fully saturated rings. The van der Waals surface area contributed by atoms with Crippen LogP contribution in [0, 0.1) is 5.82 Å². The van der Waals surface area contributed by atoms with Gasteiger partial charge < -0.3 is 15.0 Å². The molecule has 2 rings (SSSR count). The van der Waals surface area contributed by atoms with Gasteiger partial charge in [-0.25, -0.2) is 9.18 Å². The lowest BCUT2D eigenvalue weighted by molar-refractivity contribution is 0.0497. The number of amides is 1. The zero-order valence-corrected chi connectivity index (χ0v) is 13.9. The fraction of sp³-hybridized carbons (Fsp3) is 0.562. The molecule has 4 nitrogen and oxygen atoms in total. The minimum Gasteiger partial charge on any atom is -0.444 e. The normalized spacial score (nSPS) is 16.5. The quantitative estimate of drug-likeness (QED) is 0.893. The monoisotopic (exact) mass is 328 g/mol. The third-order valence-electron chi connectivity index (χ3n) is 3.48. The number of hydrogen-bond donors (Lipinski definition) is 1. The first kappa shape index (κ1) is 16.9. The Hall–Kier alpha value is -1.49. The Morgan fingerprint density at radius 3 is 2.55 bits per heavy atom. The number of nitrogens with one attached hydrogen (secondary N) is 1. The van der Waals surface area contributed by atoms with Crippen molar-refractivity contribution < 1.29 is 13.9 Å². The third kappa shape index (κ3) is 4.77. The molecule has 122 valence electrons. The molecule has 1 aromatic carbocycles. The molecule has 22 heavy (non-hydrogen) atoms. The van der Waals surface area contributed by atoms with E-state index >= 15 is 0 Å². The number of piperidine rings is 1. The fourth-order valence-corrected chi connectivity index (χ4v) is 2.56. The number of carbonyl (C=O) groups excluding carboxylic acids is 1. The van der Waals surface area contributed by atoms with Gasteiger partial charge in [0, 0.05) is 24.8 Å². The smallest absolute Gasteiger partial charge is 0.407 e. The van der Waals surface area contributed by atoms with Crippen LogP contribution in [0.5, 0.6) is 0 Å². The highest BCUT2D eigenvalue weighted by atomic mass is 35.5. The summed E-state index contributed by atoms with van der Waals surface area (Å²) < 4.78 is 18.8. The van der Waals surface area contributed by atoms with E-state index in [0.29, 0.717) is 0 Å². The highest BCUT2D eigenvalue weighted by molar-refractivity contribution is 6.30. The van der Waals surface area contributed by atoms with Crippen LogP contribution < -0.4 is 10.2 Å². The Morgan fingerprint density at radius 1 is 1.36 bits per heavy atom. The summed E-state index contributed by atoms with van der Waals surface area (Å²) in [5.74, 6) is -0.409. The highest BCUT2D eigenvalue weighted by Crippen LogP contribution is 2.24. The summed E-state index contributed by atoms with van der Waals surface area (Å²) in [6.07, 6.45) is 1.20. The van der Waals surface area contributed by atoms with Crippen LogP contribution in [-0.4, -0.2) is 30.8 Å². The van der Waals surface area contributed by atoms with Crippen molar-refractivity contribution in [2.45, 2.75) is 45.3 Å². The number of ether oxygens (including phenoxy) is 1. The van der Waals surface area contributed by atoms with E-state index in [-0.39, 0.29) is 17.2 Å². The standard InChI is InChI=1S/C16H22ClFN2O2/c1-16(2,3)22-15(21)19-11-6-8-20(9-7-11)12-4-5-13(17)14(18)10-12/h4-5,10-11H,6-9H2,1-3H3,(H,19,21). The van der Waals surface area contributed by atoms with E-state index in [4.69, 9.17) is 16.3 Å². The number of anilines is 1. The molecule has 0 unspecified atom stereocenters. The predicted molar refractivity (Wildman–Crippen MR) is 86.0 cm³/mol. The molecular formula is C16H22ClFN2O2. The van der Waals surface area contributed by atoms with Crippen LogP contribution >= 0.6 is 11.6 Å². The van der Waals surface area contributed by atoms with Gasteiger partial charge in [-0.3, -0.25) is 0 Å². The average Bonchev–Trinajstić information content (AvgIpc) is 2.40. The second-order valence-electron chi connectivity index (χ2n) is 6.51. The Morgan fingerprint density at radius 2 is 2.00 bits per heavy atom. The van der Waals surface area contributed by atoms with Crippen molar-refractivity contribution in [3.63, 3.8) is 0 Å². The summed E-state index contributed by atoms with van der Waals surface area (Å²) >= 11 is 5.70. The maximum atomic E-state index is 13.5. The number of rotatable bonds is 2. The average molecular weight is 329 g/mol. The Bertz CT molecular complexity index is 537. The molecule has 0 saturated carbocycles. The summed E-state index contributed by atoms with van der Waals surface area (Å²) in [5.41, 5.74) is 0.323. The van der Waals surface area contributed by atoms with Crippen molar-refractivity contribution in [1.29, 1.82) is 0 Å². The first-order valence-electron chi connectivity index (χ1n) is 7.44. The predicted octanol–water partition coefficient (Wildman–Crippen LogP) is 3.97. The summed E-state index contributed by atoms with van der Waals surface area (Å²) in [6.45, 7) is 7.02. The molecule has 1 aromatic rings. The number of hydrogen-bond acceptors (Lipinski definition) is 3. The minimum atomic E-state index is -0.494. The van der Waals surface area contributed by atoms with Crippen LogP contribution in [0.3, 0.4) is 0 Å². The second-order valence-corrected chi connectivity index (χ2v) is 6.91. The topological polar surface area (TPSA) is 41.6 Å². The van der Waals surface area contributed by atoms with Crippen molar-refractivity contribution >= 4 is 23.4 Å². The maximum Gasteiger partial charge on any atom is 0.407 e. The van der Waals surface area contributed by atoms with Gasteiger partial charge in [0.25, 0.3) is 0 Å². The van der Waals surface area contributed by atoms with Crippen LogP contribution in [0.25, 0.3) is 0 Å². The van der Waals surface area contributed by atoms with Gasteiger partial charge in [0.1, 0.15) is 11.4 Å². The van der Waals surface area contributed by atoms with Crippen LogP contribution in [0.15, 0.2) is 18.2 Å². The van der Waals surface area contributed by atoms with E-state index in [0.717, 1.165) is 31.6 Å². The van der Waals surface area contributed by atoms with Gasteiger partial charge in [0.05, 0.1) is 5.02 Å². The highest BCUT2D eigenvalue weighted by Gasteiger charge is 2.24. The molecule has 6 heteroatoms. The number of halogens is 2. The Balaban J connectivity index is 1.85. The van der Waals surface area contributed by atoms with E-state index in [1.165, 1.54) is 6.07 Å². The van der Waals surface area contributed by atoms with E-state index < -0.39 is 11.4 Å². The molecule has 1 N–H and O–H groups in total.